The van der Waals surface area contributed by atoms with Gasteiger partial charge < -0.3 is 10.2 Å². The lowest BCUT2D eigenvalue weighted by Gasteiger charge is -2.27. The van der Waals surface area contributed by atoms with Crippen molar-refractivity contribution in [2.45, 2.75) is 25.7 Å². The molecule has 32 heavy (non-hydrogen) atoms. The summed E-state index contributed by atoms with van der Waals surface area (Å²) in [5.74, 6) is -0.670. The number of hydrogen-bond acceptors (Lipinski definition) is 3. The third kappa shape index (κ3) is 4.82. The largest absolute Gasteiger partial charge is 0.416 e. The number of carbonyl (C=O) groups excluding carboxylic acids is 2. The summed E-state index contributed by atoms with van der Waals surface area (Å²) < 4.78 is 39.7. The number of benzene rings is 2. The maximum Gasteiger partial charge on any atom is 0.416 e. The van der Waals surface area contributed by atoms with Gasteiger partial charge in [-0.15, -0.1) is 0 Å². The van der Waals surface area contributed by atoms with E-state index in [-0.39, 0.29) is 29.7 Å². The monoisotopic (exact) mass is 442 g/mol. The van der Waals surface area contributed by atoms with E-state index in [4.69, 9.17) is 0 Å². The van der Waals surface area contributed by atoms with Gasteiger partial charge in [-0.1, -0.05) is 42.5 Å². The Labute approximate surface area is 182 Å². The quantitative estimate of drug-likeness (QED) is 0.635. The first-order valence-electron chi connectivity index (χ1n) is 10.2. The Bertz CT molecular complexity index is 1110. The Balaban J connectivity index is 1.37. The molecule has 2 amide bonds. The van der Waals surface area contributed by atoms with Crippen molar-refractivity contribution in [2.24, 2.45) is 0 Å². The van der Waals surface area contributed by atoms with Gasteiger partial charge in [0.05, 0.1) is 12.1 Å². The average molecular weight is 442 g/mol. The normalized spacial score (nSPS) is 13.7. The second-order valence-corrected chi connectivity index (χ2v) is 7.55. The summed E-state index contributed by atoms with van der Waals surface area (Å²) in [6.45, 7) is 1.38. The van der Waals surface area contributed by atoms with Crippen molar-refractivity contribution in [2.75, 3.05) is 13.1 Å². The molecule has 0 spiro atoms. The van der Waals surface area contributed by atoms with E-state index >= 15 is 0 Å². The van der Waals surface area contributed by atoms with Crippen molar-refractivity contribution in [3.63, 3.8) is 0 Å². The molecule has 9 heteroatoms. The lowest BCUT2D eigenvalue weighted by atomic mass is 10.1. The first-order valence-corrected chi connectivity index (χ1v) is 10.2. The second kappa shape index (κ2) is 8.86. The van der Waals surface area contributed by atoms with Crippen LogP contribution in [0.2, 0.25) is 0 Å². The highest BCUT2D eigenvalue weighted by Crippen LogP contribution is 2.29. The fourth-order valence-electron chi connectivity index (χ4n) is 3.58. The zero-order chi connectivity index (χ0) is 22.7. The molecule has 1 aliphatic rings. The number of amides is 2. The third-order valence-corrected chi connectivity index (χ3v) is 5.30. The molecule has 4 rings (SSSR count). The predicted molar refractivity (Wildman–Crippen MR) is 111 cm³/mol. The first-order chi connectivity index (χ1) is 15.3. The number of nitrogens with zero attached hydrogens (tertiary/aromatic N) is 3. The molecule has 1 aromatic heterocycles. The van der Waals surface area contributed by atoms with Gasteiger partial charge >= 0.3 is 6.18 Å². The number of halogens is 3. The number of rotatable bonds is 6. The minimum absolute atomic E-state index is 0.165. The Morgan fingerprint density at radius 3 is 2.41 bits per heavy atom. The van der Waals surface area contributed by atoms with E-state index in [1.807, 2.05) is 30.3 Å². The second-order valence-electron chi connectivity index (χ2n) is 7.55. The molecule has 2 aromatic carbocycles. The molecule has 0 saturated heterocycles. The Kier molecular flexibility index (Phi) is 5.98. The van der Waals surface area contributed by atoms with Crippen molar-refractivity contribution in [1.29, 1.82) is 0 Å². The number of hydrogen-bond donors (Lipinski definition) is 1. The van der Waals surface area contributed by atoms with E-state index in [9.17, 15) is 22.8 Å². The molecule has 0 atom stereocenters. The summed E-state index contributed by atoms with van der Waals surface area (Å²) in [6.07, 6.45) is -3.72. The van der Waals surface area contributed by atoms with Crippen LogP contribution < -0.4 is 5.32 Å². The fraction of sp³-hybridized carbons (Fsp3) is 0.261. The summed E-state index contributed by atoms with van der Waals surface area (Å²) in [7, 11) is 0. The SMILES string of the molecule is O=C(NCCc1ccccc1)c1cc2n(n1)CCN(Cc1ccc(C(F)(F)F)cc1)C2=O. The zero-order valence-corrected chi connectivity index (χ0v) is 17.1. The highest BCUT2D eigenvalue weighted by atomic mass is 19.4. The molecule has 0 bridgehead atoms. The summed E-state index contributed by atoms with van der Waals surface area (Å²) in [4.78, 5) is 26.8. The maximum atomic E-state index is 12.8. The van der Waals surface area contributed by atoms with Crippen LogP contribution in [0.25, 0.3) is 0 Å². The summed E-state index contributed by atoms with van der Waals surface area (Å²) in [5.41, 5.74) is 1.42. The van der Waals surface area contributed by atoms with Gasteiger partial charge in [-0.3, -0.25) is 14.3 Å². The van der Waals surface area contributed by atoms with Crippen molar-refractivity contribution < 1.29 is 22.8 Å². The molecule has 6 nitrogen and oxygen atoms in total. The van der Waals surface area contributed by atoms with E-state index in [1.54, 1.807) is 0 Å². The number of nitrogens with one attached hydrogen (secondary N) is 1. The lowest BCUT2D eigenvalue weighted by molar-refractivity contribution is -0.137. The highest BCUT2D eigenvalue weighted by Gasteiger charge is 2.31. The smallest absolute Gasteiger partial charge is 0.350 e. The van der Waals surface area contributed by atoms with Gasteiger partial charge in [0.15, 0.2) is 5.69 Å². The van der Waals surface area contributed by atoms with Gasteiger partial charge in [0.25, 0.3) is 11.8 Å². The Hall–Kier alpha value is -3.62. The van der Waals surface area contributed by atoms with Crippen LogP contribution in [-0.4, -0.2) is 39.6 Å². The van der Waals surface area contributed by atoms with Gasteiger partial charge in [-0.25, -0.2) is 0 Å². The number of fused-ring (bicyclic) bond motifs is 1. The van der Waals surface area contributed by atoms with Gasteiger partial charge in [0.2, 0.25) is 0 Å². The molecule has 0 fully saturated rings. The number of aromatic nitrogens is 2. The lowest BCUT2D eigenvalue weighted by Crippen LogP contribution is -2.39. The van der Waals surface area contributed by atoms with E-state index in [1.165, 1.54) is 27.8 Å². The van der Waals surface area contributed by atoms with Crippen LogP contribution in [0, 0.1) is 0 Å². The highest BCUT2D eigenvalue weighted by molar-refractivity contribution is 5.98. The van der Waals surface area contributed by atoms with Crippen LogP contribution in [0.4, 0.5) is 13.2 Å². The minimum atomic E-state index is -4.40. The van der Waals surface area contributed by atoms with E-state index < -0.39 is 11.7 Å². The number of carbonyl (C=O) groups is 2. The van der Waals surface area contributed by atoms with Crippen LogP contribution in [0.1, 0.15) is 37.7 Å². The molecule has 0 unspecified atom stereocenters. The van der Waals surface area contributed by atoms with Crippen molar-refractivity contribution >= 4 is 11.8 Å². The fourth-order valence-corrected chi connectivity index (χ4v) is 3.58. The average Bonchev–Trinajstić information content (AvgIpc) is 3.22. The zero-order valence-electron chi connectivity index (χ0n) is 17.1. The van der Waals surface area contributed by atoms with Gasteiger partial charge in [0.1, 0.15) is 5.69 Å². The molecule has 166 valence electrons. The molecular weight excluding hydrogens is 421 g/mol. The maximum absolute atomic E-state index is 12.8. The molecular formula is C23H21F3N4O2. The minimum Gasteiger partial charge on any atom is -0.350 e. The molecule has 1 aliphatic heterocycles. The molecule has 3 aromatic rings. The van der Waals surface area contributed by atoms with Gasteiger partial charge in [-0.05, 0) is 29.7 Å². The van der Waals surface area contributed by atoms with Crippen LogP contribution in [0.5, 0.6) is 0 Å². The summed E-state index contributed by atoms with van der Waals surface area (Å²) in [5, 5.41) is 7.05. The topological polar surface area (TPSA) is 67.2 Å². The van der Waals surface area contributed by atoms with Crippen LogP contribution in [-0.2, 0) is 25.7 Å². The number of alkyl halides is 3. The van der Waals surface area contributed by atoms with Crippen LogP contribution in [0.15, 0.2) is 60.7 Å². The van der Waals surface area contributed by atoms with Gasteiger partial charge in [0, 0.05) is 25.7 Å². The van der Waals surface area contributed by atoms with Crippen molar-refractivity contribution in [1.82, 2.24) is 20.0 Å². The Morgan fingerprint density at radius 1 is 1.00 bits per heavy atom. The third-order valence-electron chi connectivity index (χ3n) is 5.30. The van der Waals surface area contributed by atoms with Crippen molar-refractivity contribution in [3.8, 4) is 0 Å². The van der Waals surface area contributed by atoms with E-state index in [2.05, 4.69) is 10.4 Å². The molecule has 0 radical (unpaired) electrons. The predicted octanol–water partition coefficient (Wildman–Crippen LogP) is 3.53. The van der Waals surface area contributed by atoms with E-state index in [0.29, 0.717) is 31.6 Å². The Morgan fingerprint density at radius 2 is 1.72 bits per heavy atom. The molecule has 0 saturated carbocycles. The summed E-state index contributed by atoms with van der Waals surface area (Å²) >= 11 is 0. The summed E-state index contributed by atoms with van der Waals surface area (Å²) in [6, 6.07) is 16.0. The van der Waals surface area contributed by atoms with Gasteiger partial charge in [-0.2, -0.15) is 18.3 Å². The standard InChI is InChI=1S/C23H21F3N4O2/c24-23(25,26)18-8-6-17(7-9-18)15-29-12-13-30-20(22(29)32)14-19(28-30)21(31)27-11-10-16-4-2-1-3-5-16/h1-9,14H,10-13,15H2,(H,27,31). The first kappa shape index (κ1) is 21.6. The van der Waals surface area contributed by atoms with Crippen molar-refractivity contribution in [3.05, 3.63) is 88.7 Å². The molecule has 0 aliphatic carbocycles. The molecule has 1 N–H and O–H groups in total. The van der Waals surface area contributed by atoms with Crippen LogP contribution in [0.3, 0.4) is 0 Å². The van der Waals surface area contributed by atoms with E-state index in [0.717, 1.165) is 17.7 Å². The molecule has 2 heterocycles. The van der Waals surface area contributed by atoms with Crippen LogP contribution >= 0.6 is 0 Å².